The number of carbonyl (C=O) groups excluding carboxylic acids is 2. The molecule has 0 atom stereocenters. The summed E-state index contributed by atoms with van der Waals surface area (Å²) in [6.07, 6.45) is 4.26. The van der Waals surface area contributed by atoms with Crippen LogP contribution in [0, 0.1) is 0 Å². The van der Waals surface area contributed by atoms with Crippen molar-refractivity contribution in [1.29, 1.82) is 0 Å². The molecule has 2 aromatic heterocycles. The highest BCUT2D eigenvalue weighted by Crippen LogP contribution is 2.23. The molecule has 0 spiro atoms. The predicted octanol–water partition coefficient (Wildman–Crippen LogP) is 2.43. The third-order valence-electron chi connectivity index (χ3n) is 3.00. The zero-order valence-corrected chi connectivity index (χ0v) is 16.3. The molecule has 0 bridgehead atoms. The number of nitrogens with one attached hydrogen (secondary N) is 1. The molecule has 2 heterocycles. The minimum Gasteiger partial charge on any atom is -0.466 e. The second-order valence-electron chi connectivity index (χ2n) is 4.79. The second-order valence-corrected chi connectivity index (χ2v) is 5.69. The summed E-state index contributed by atoms with van der Waals surface area (Å²) in [5.74, 6) is -0.736. The van der Waals surface area contributed by atoms with Crippen LogP contribution in [0.25, 0.3) is 10.7 Å². The van der Waals surface area contributed by atoms with Gasteiger partial charge in [0.25, 0.3) is 0 Å². The van der Waals surface area contributed by atoms with Gasteiger partial charge in [0.15, 0.2) is 6.29 Å². The summed E-state index contributed by atoms with van der Waals surface area (Å²) in [6, 6.07) is 0. The molecule has 27 heavy (non-hydrogen) atoms. The molecule has 0 saturated heterocycles. The molecule has 10 heteroatoms. The second kappa shape index (κ2) is 12.7. The third-order valence-corrected chi connectivity index (χ3v) is 3.79. The van der Waals surface area contributed by atoms with Gasteiger partial charge in [-0.3, -0.25) is 9.89 Å². The van der Waals surface area contributed by atoms with Gasteiger partial charge < -0.3 is 18.9 Å². The quantitative estimate of drug-likeness (QED) is 0.390. The number of thiazole rings is 1. The average molecular weight is 397 g/mol. The fourth-order valence-electron chi connectivity index (χ4n) is 1.78. The van der Waals surface area contributed by atoms with Crippen LogP contribution in [0.4, 0.5) is 0 Å². The maximum absolute atomic E-state index is 11.6. The first-order valence-corrected chi connectivity index (χ1v) is 8.87. The number of rotatable bonds is 9. The molecule has 0 aromatic carbocycles. The largest absolute Gasteiger partial charge is 0.466 e. The van der Waals surface area contributed by atoms with Crippen molar-refractivity contribution in [3.8, 4) is 10.7 Å². The summed E-state index contributed by atoms with van der Waals surface area (Å²) >= 11 is 1.43. The van der Waals surface area contributed by atoms with Gasteiger partial charge in [0, 0.05) is 25.8 Å². The van der Waals surface area contributed by atoms with Crippen molar-refractivity contribution >= 4 is 23.3 Å². The predicted molar refractivity (Wildman–Crippen MR) is 99.2 cm³/mol. The fraction of sp³-hybridized carbons (Fsp3) is 0.412. The number of esters is 2. The first-order chi connectivity index (χ1) is 13.1. The number of nitrogens with zero attached hydrogens (tertiary/aromatic N) is 2. The Bertz CT molecular complexity index is 697. The number of carbonyl (C=O) groups is 2. The Morgan fingerprint density at radius 1 is 1.33 bits per heavy atom. The Kier molecular flexibility index (Phi) is 10.6. The van der Waals surface area contributed by atoms with Crippen molar-refractivity contribution in [3.05, 3.63) is 36.0 Å². The van der Waals surface area contributed by atoms with Crippen LogP contribution < -0.4 is 0 Å². The number of ether oxygens (including phenoxy) is 4. The molecular formula is C17H23N3O6S. The molecule has 0 amide bonds. The Balaban J connectivity index is 0.000000293. The van der Waals surface area contributed by atoms with E-state index in [1.165, 1.54) is 37.8 Å². The van der Waals surface area contributed by atoms with Crippen molar-refractivity contribution in [2.24, 2.45) is 0 Å². The Hall–Kier alpha value is -2.56. The molecule has 0 unspecified atom stereocenters. The summed E-state index contributed by atoms with van der Waals surface area (Å²) in [5.41, 5.74) is 0.973. The SMILES string of the molecule is C=CCOC(=O)c1cn[nH]c1-c1nccs1.CCOC(=O)CC(OC)OC. The van der Waals surface area contributed by atoms with Gasteiger partial charge in [0.2, 0.25) is 0 Å². The number of aromatic amines is 1. The van der Waals surface area contributed by atoms with E-state index in [0.717, 1.165) is 0 Å². The smallest absolute Gasteiger partial charge is 0.342 e. The number of aromatic nitrogens is 3. The van der Waals surface area contributed by atoms with Crippen molar-refractivity contribution in [2.75, 3.05) is 27.4 Å². The number of hydrogen-bond donors (Lipinski definition) is 1. The van der Waals surface area contributed by atoms with E-state index in [0.29, 0.717) is 22.9 Å². The van der Waals surface area contributed by atoms with E-state index in [1.807, 2.05) is 5.38 Å². The average Bonchev–Trinajstić information content (AvgIpc) is 3.36. The zero-order chi connectivity index (χ0) is 20.1. The fourth-order valence-corrected chi connectivity index (χ4v) is 2.43. The van der Waals surface area contributed by atoms with Crippen molar-refractivity contribution < 1.29 is 28.5 Å². The highest BCUT2D eigenvalue weighted by Gasteiger charge is 2.17. The lowest BCUT2D eigenvalue weighted by molar-refractivity contribution is -0.158. The lowest BCUT2D eigenvalue weighted by Crippen LogP contribution is -2.19. The molecule has 2 rings (SSSR count). The molecule has 148 valence electrons. The van der Waals surface area contributed by atoms with Gasteiger partial charge in [0.05, 0.1) is 19.2 Å². The summed E-state index contributed by atoms with van der Waals surface area (Å²) in [7, 11) is 2.96. The topological polar surface area (TPSA) is 113 Å². The summed E-state index contributed by atoms with van der Waals surface area (Å²) in [6.45, 7) is 5.80. The molecule has 0 aliphatic heterocycles. The van der Waals surface area contributed by atoms with Gasteiger partial charge in [-0.05, 0) is 6.92 Å². The van der Waals surface area contributed by atoms with E-state index >= 15 is 0 Å². The Labute approximate surface area is 161 Å². The van der Waals surface area contributed by atoms with Crippen LogP contribution in [0.5, 0.6) is 0 Å². The number of hydrogen-bond acceptors (Lipinski definition) is 9. The van der Waals surface area contributed by atoms with E-state index in [2.05, 4.69) is 26.5 Å². The maximum atomic E-state index is 11.6. The summed E-state index contributed by atoms with van der Waals surface area (Å²) in [5, 5.41) is 9.10. The van der Waals surface area contributed by atoms with Gasteiger partial charge in [-0.15, -0.1) is 11.3 Å². The van der Waals surface area contributed by atoms with E-state index in [-0.39, 0.29) is 19.0 Å². The Morgan fingerprint density at radius 2 is 2.07 bits per heavy atom. The molecule has 0 saturated carbocycles. The molecule has 0 radical (unpaired) electrons. The van der Waals surface area contributed by atoms with Crippen molar-refractivity contribution in [1.82, 2.24) is 15.2 Å². The first-order valence-electron chi connectivity index (χ1n) is 7.99. The third kappa shape index (κ3) is 7.69. The highest BCUT2D eigenvalue weighted by atomic mass is 32.1. The van der Waals surface area contributed by atoms with Gasteiger partial charge in [0.1, 0.15) is 22.9 Å². The van der Waals surface area contributed by atoms with Gasteiger partial charge in [-0.2, -0.15) is 5.10 Å². The van der Waals surface area contributed by atoms with Crippen LogP contribution in [0.1, 0.15) is 23.7 Å². The minimum absolute atomic E-state index is 0.140. The van der Waals surface area contributed by atoms with Crippen LogP contribution in [-0.2, 0) is 23.7 Å². The van der Waals surface area contributed by atoms with Crippen LogP contribution in [-0.4, -0.2) is 60.8 Å². The molecule has 0 aliphatic rings. The molecule has 0 fully saturated rings. The molecule has 2 aromatic rings. The monoisotopic (exact) mass is 397 g/mol. The lowest BCUT2D eigenvalue weighted by Gasteiger charge is -2.11. The molecule has 0 aliphatic carbocycles. The molecule has 1 N–H and O–H groups in total. The van der Waals surface area contributed by atoms with Gasteiger partial charge in [-0.25, -0.2) is 9.78 Å². The lowest BCUT2D eigenvalue weighted by atomic mass is 10.2. The van der Waals surface area contributed by atoms with Crippen molar-refractivity contribution in [3.63, 3.8) is 0 Å². The molecule has 9 nitrogen and oxygen atoms in total. The normalized spacial score (nSPS) is 10.1. The van der Waals surface area contributed by atoms with Crippen LogP contribution in [0.2, 0.25) is 0 Å². The minimum atomic E-state index is -0.492. The number of methoxy groups -OCH3 is 2. The molecular weight excluding hydrogens is 374 g/mol. The first kappa shape index (κ1) is 22.5. The van der Waals surface area contributed by atoms with E-state index in [1.54, 1.807) is 13.1 Å². The van der Waals surface area contributed by atoms with Gasteiger partial charge >= 0.3 is 11.9 Å². The maximum Gasteiger partial charge on any atom is 0.342 e. The van der Waals surface area contributed by atoms with E-state index in [4.69, 9.17) is 14.2 Å². The number of H-pyrrole nitrogens is 1. The highest BCUT2D eigenvalue weighted by molar-refractivity contribution is 7.13. The van der Waals surface area contributed by atoms with Crippen LogP contribution in [0.15, 0.2) is 30.4 Å². The standard InChI is InChI=1S/C10H9N3O2S.C7H14O4/c1-2-4-15-10(14)7-6-12-13-8(7)9-11-3-5-16-9;1-4-11-6(8)5-7(9-2)10-3/h2-3,5-6H,1,4H2,(H,12,13);7H,4-5H2,1-3H3. The Morgan fingerprint density at radius 3 is 2.63 bits per heavy atom. The van der Waals surface area contributed by atoms with Crippen LogP contribution in [0.3, 0.4) is 0 Å². The summed E-state index contributed by atoms with van der Waals surface area (Å²) < 4.78 is 19.2. The van der Waals surface area contributed by atoms with E-state index in [9.17, 15) is 9.59 Å². The van der Waals surface area contributed by atoms with Crippen LogP contribution >= 0.6 is 11.3 Å². The summed E-state index contributed by atoms with van der Waals surface area (Å²) in [4.78, 5) is 26.5. The van der Waals surface area contributed by atoms with Gasteiger partial charge in [-0.1, -0.05) is 12.7 Å². The zero-order valence-electron chi connectivity index (χ0n) is 15.5. The van der Waals surface area contributed by atoms with E-state index < -0.39 is 12.3 Å². The van der Waals surface area contributed by atoms with Crippen molar-refractivity contribution in [2.45, 2.75) is 19.6 Å².